The smallest absolute Gasteiger partial charge is 0.0998 e. The van der Waals surface area contributed by atoms with Crippen LogP contribution >= 0.6 is 0 Å². The average molecular weight is 232 g/mol. The zero-order valence-corrected chi connectivity index (χ0v) is 10.4. The molecule has 0 aromatic heterocycles. The second-order valence-electron chi connectivity index (χ2n) is 4.33. The fourth-order valence-electron chi connectivity index (χ4n) is 2.17. The fraction of sp³-hybridized carbons (Fsp3) is 0.125. The highest BCUT2D eigenvalue weighted by atomic mass is 14.3. The molecular formula is C16H12N2. The Balaban J connectivity index is 2.78. The van der Waals surface area contributed by atoms with Crippen molar-refractivity contribution in [3.8, 4) is 23.3 Å². The number of nitriles is 2. The predicted octanol–water partition coefficient (Wildman–Crippen LogP) is 3.71. The Hall–Kier alpha value is -2.58. The SMILES string of the molecule is Cc1cc(C)cc(-c2c(C#N)cccc2C#N)c1. The summed E-state index contributed by atoms with van der Waals surface area (Å²) in [7, 11) is 0. The summed E-state index contributed by atoms with van der Waals surface area (Å²) in [6, 6.07) is 15.6. The number of aryl methyl sites for hydroxylation is 2. The van der Waals surface area contributed by atoms with Crippen LogP contribution in [0.2, 0.25) is 0 Å². The maximum absolute atomic E-state index is 9.18. The minimum absolute atomic E-state index is 0.541. The van der Waals surface area contributed by atoms with Crippen molar-refractivity contribution in [2.45, 2.75) is 13.8 Å². The van der Waals surface area contributed by atoms with Gasteiger partial charge in [0.05, 0.1) is 23.3 Å². The standard InChI is InChI=1S/C16H12N2/c1-11-6-12(2)8-15(7-11)16-13(9-17)4-3-5-14(16)10-18/h3-8H,1-2H3. The molecule has 0 heterocycles. The first-order valence-electron chi connectivity index (χ1n) is 5.67. The van der Waals surface area contributed by atoms with E-state index >= 15 is 0 Å². The molecule has 2 heteroatoms. The second kappa shape index (κ2) is 4.73. The van der Waals surface area contributed by atoms with Gasteiger partial charge in [-0.1, -0.05) is 35.4 Å². The lowest BCUT2D eigenvalue weighted by Gasteiger charge is -2.09. The van der Waals surface area contributed by atoms with Gasteiger partial charge in [-0.05, 0) is 31.5 Å². The average Bonchev–Trinajstić information content (AvgIpc) is 2.36. The van der Waals surface area contributed by atoms with Gasteiger partial charge in [-0.2, -0.15) is 10.5 Å². The van der Waals surface area contributed by atoms with E-state index in [1.807, 2.05) is 26.0 Å². The lowest BCUT2D eigenvalue weighted by molar-refractivity contribution is 1.37. The van der Waals surface area contributed by atoms with Crippen LogP contribution in [-0.4, -0.2) is 0 Å². The Bertz CT molecular complexity index is 633. The van der Waals surface area contributed by atoms with E-state index in [0.717, 1.165) is 22.3 Å². The molecule has 0 N–H and O–H groups in total. The molecule has 18 heavy (non-hydrogen) atoms. The fourth-order valence-corrected chi connectivity index (χ4v) is 2.17. The minimum atomic E-state index is 0.541. The summed E-state index contributed by atoms with van der Waals surface area (Å²) in [6.45, 7) is 4.02. The first-order valence-corrected chi connectivity index (χ1v) is 5.67. The van der Waals surface area contributed by atoms with E-state index in [0.29, 0.717) is 11.1 Å². The van der Waals surface area contributed by atoms with Crippen molar-refractivity contribution >= 4 is 0 Å². The molecule has 2 aromatic carbocycles. The van der Waals surface area contributed by atoms with E-state index < -0.39 is 0 Å². The van der Waals surface area contributed by atoms with Crippen LogP contribution in [0.3, 0.4) is 0 Å². The zero-order valence-electron chi connectivity index (χ0n) is 10.4. The normalized spacial score (nSPS) is 9.56. The molecule has 0 aliphatic heterocycles. The van der Waals surface area contributed by atoms with Crippen LogP contribution in [0.5, 0.6) is 0 Å². The molecular weight excluding hydrogens is 220 g/mol. The van der Waals surface area contributed by atoms with Crippen LogP contribution in [-0.2, 0) is 0 Å². The highest BCUT2D eigenvalue weighted by Crippen LogP contribution is 2.28. The summed E-state index contributed by atoms with van der Waals surface area (Å²) in [6.07, 6.45) is 0. The maximum Gasteiger partial charge on any atom is 0.0998 e. The second-order valence-corrected chi connectivity index (χ2v) is 4.33. The van der Waals surface area contributed by atoms with Gasteiger partial charge in [0.2, 0.25) is 0 Å². The van der Waals surface area contributed by atoms with Gasteiger partial charge in [-0.3, -0.25) is 0 Å². The van der Waals surface area contributed by atoms with Crippen LogP contribution in [0.25, 0.3) is 11.1 Å². The molecule has 0 fully saturated rings. The van der Waals surface area contributed by atoms with Crippen molar-refractivity contribution in [1.29, 1.82) is 10.5 Å². The van der Waals surface area contributed by atoms with Gasteiger partial charge in [0.25, 0.3) is 0 Å². The molecule has 0 saturated carbocycles. The monoisotopic (exact) mass is 232 g/mol. The van der Waals surface area contributed by atoms with E-state index in [1.165, 1.54) is 0 Å². The number of hydrogen-bond acceptors (Lipinski definition) is 2. The number of hydrogen-bond donors (Lipinski definition) is 0. The van der Waals surface area contributed by atoms with Crippen molar-refractivity contribution in [2.24, 2.45) is 0 Å². The third-order valence-electron chi connectivity index (χ3n) is 2.82. The van der Waals surface area contributed by atoms with Gasteiger partial charge in [-0.15, -0.1) is 0 Å². The minimum Gasteiger partial charge on any atom is -0.192 e. The molecule has 0 spiro atoms. The van der Waals surface area contributed by atoms with E-state index in [9.17, 15) is 10.5 Å². The predicted molar refractivity (Wildman–Crippen MR) is 70.8 cm³/mol. The van der Waals surface area contributed by atoms with Crippen molar-refractivity contribution < 1.29 is 0 Å². The van der Waals surface area contributed by atoms with Gasteiger partial charge in [-0.25, -0.2) is 0 Å². The molecule has 0 aliphatic carbocycles. The van der Waals surface area contributed by atoms with Crippen molar-refractivity contribution in [3.05, 3.63) is 58.7 Å². The lowest BCUT2D eigenvalue weighted by Crippen LogP contribution is -1.91. The Morgan fingerprint density at radius 3 is 1.78 bits per heavy atom. The molecule has 0 atom stereocenters. The molecule has 0 bridgehead atoms. The molecule has 2 rings (SSSR count). The first-order chi connectivity index (χ1) is 8.65. The van der Waals surface area contributed by atoms with Crippen LogP contribution in [0.15, 0.2) is 36.4 Å². The molecule has 0 aliphatic rings. The first kappa shape index (κ1) is 11.9. The molecule has 0 saturated heterocycles. The largest absolute Gasteiger partial charge is 0.192 e. The Morgan fingerprint density at radius 1 is 0.833 bits per heavy atom. The zero-order chi connectivity index (χ0) is 13.1. The molecule has 2 aromatic rings. The van der Waals surface area contributed by atoms with E-state index in [1.54, 1.807) is 18.2 Å². The van der Waals surface area contributed by atoms with Crippen molar-refractivity contribution in [3.63, 3.8) is 0 Å². The van der Waals surface area contributed by atoms with Gasteiger partial charge >= 0.3 is 0 Å². The number of benzene rings is 2. The number of rotatable bonds is 1. The van der Waals surface area contributed by atoms with Gasteiger partial charge < -0.3 is 0 Å². The third-order valence-corrected chi connectivity index (χ3v) is 2.82. The molecule has 0 radical (unpaired) electrons. The Morgan fingerprint density at radius 2 is 1.33 bits per heavy atom. The van der Waals surface area contributed by atoms with Gasteiger partial charge in [0.1, 0.15) is 0 Å². The van der Waals surface area contributed by atoms with Crippen LogP contribution < -0.4 is 0 Å². The topological polar surface area (TPSA) is 47.6 Å². The molecule has 2 nitrogen and oxygen atoms in total. The van der Waals surface area contributed by atoms with Crippen molar-refractivity contribution in [2.75, 3.05) is 0 Å². The maximum atomic E-state index is 9.18. The van der Waals surface area contributed by atoms with Gasteiger partial charge in [0, 0.05) is 5.56 Å². The third kappa shape index (κ3) is 2.10. The quantitative estimate of drug-likeness (QED) is 0.752. The summed E-state index contributed by atoms with van der Waals surface area (Å²) in [4.78, 5) is 0. The molecule has 0 amide bonds. The molecule has 0 unspecified atom stereocenters. The summed E-state index contributed by atoms with van der Waals surface area (Å²) in [5, 5.41) is 18.4. The lowest BCUT2D eigenvalue weighted by atomic mass is 9.93. The summed E-state index contributed by atoms with van der Waals surface area (Å²) < 4.78 is 0. The van der Waals surface area contributed by atoms with E-state index in [-0.39, 0.29) is 0 Å². The van der Waals surface area contributed by atoms with Crippen LogP contribution in [0.4, 0.5) is 0 Å². The summed E-state index contributed by atoms with van der Waals surface area (Å²) in [5.41, 5.74) is 5.00. The Labute approximate surface area is 107 Å². The van der Waals surface area contributed by atoms with Crippen LogP contribution in [0, 0.1) is 36.5 Å². The highest BCUT2D eigenvalue weighted by molar-refractivity contribution is 5.77. The van der Waals surface area contributed by atoms with Gasteiger partial charge in [0.15, 0.2) is 0 Å². The van der Waals surface area contributed by atoms with Crippen molar-refractivity contribution in [1.82, 2.24) is 0 Å². The van der Waals surface area contributed by atoms with E-state index in [2.05, 4.69) is 18.2 Å². The van der Waals surface area contributed by atoms with E-state index in [4.69, 9.17) is 0 Å². The number of nitrogens with zero attached hydrogens (tertiary/aromatic N) is 2. The summed E-state index contributed by atoms with van der Waals surface area (Å²) in [5.74, 6) is 0. The Kier molecular flexibility index (Phi) is 3.13. The summed E-state index contributed by atoms with van der Waals surface area (Å²) >= 11 is 0. The molecule has 86 valence electrons. The van der Waals surface area contributed by atoms with Crippen LogP contribution in [0.1, 0.15) is 22.3 Å². The highest BCUT2D eigenvalue weighted by Gasteiger charge is 2.10.